The molecule has 4 nitrogen and oxygen atoms in total. The number of nitrogens with one attached hydrogen (secondary N) is 1. The molecule has 2 amide bonds. The second-order valence-electron chi connectivity index (χ2n) is 7.54. The molecule has 0 aliphatic carbocycles. The van der Waals surface area contributed by atoms with Gasteiger partial charge in [-0.25, -0.2) is 0 Å². The fraction of sp³-hybridized carbons (Fsp3) is 0.200. The van der Waals surface area contributed by atoms with Gasteiger partial charge in [-0.3, -0.25) is 9.59 Å². The van der Waals surface area contributed by atoms with Crippen LogP contribution >= 0.6 is 11.8 Å². The van der Waals surface area contributed by atoms with Gasteiger partial charge in [0.2, 0.25) is 11.8 Å². The van der Waals surface area contributed by atoms with Crippen molar-refractivity contribution in [3.8, 4) is 0 Å². The summed E-state index contributed by atoms with van der Waals surface area (Å²) in [6, 6.07) is 23.8. The molecule has 0 bridgehead atoms. The van der Waals surface area contributed by atoms with Crippen LogP contribution in [-0.4, -0.2) is 18.4 Å². The Morgan fingerprint density at radius 1 is 1.03 bits per heavy atom. The number of fused-ring (bicyclic) bond motifs is 1. The van der Waals surface area contributed by atoms with E-state index in [1.54, 1.807) is 16.7 Å². The maximum absolute atomic E-state index is 13.2. The van der Waals surface area contributed by atoms with Crippen LogP contribution in [0.15, 0.2) is 77.7 Å². The number of carbonyl (C=O) groups excluding carboxylic acids is 2. The number of thioether (sulfide) groups is 1. The molecule has 30 heavy (non-hydrogen) atoms. The molecular weight excluding hydrogens is 392 g/mol. The summed E-state index contributed by atoms with van der Waals surface area (Å²) < 4.78 is 0. The molecule has 0 fully saturated rings. The molecule has 4 rings (SSSR count). The van der Waals surface area contributed by atoms with Gasteiger partial charge in [0, 0.05) is 22.3 Å². The van der Waals surface area contributed by atoms with Crippen LogP contribution in [0.5, 0.6) is 0 Å². The molecule has 3 aromatic carbocycles. The van der Waals surface area contributed by atoms with E-state index < -0.39 is 0 Å². The summed E-state index contributed by atoms with van der Waals surface area (Å²) in [4.78, 5) is 28.6. The quantitative estimate of drug-likeness (QED) is 0.610. The molecule has 1 aliphatic rings. The van der Waals surface area contributed by atoms with Crippen LogP contribution < -0.4 is 10.2 Å². The Balaban J connectivity index is 1.58. The van der Waals surface area contributed by atoms with Crippen LogP contribution in [0.25, 0.3) is 0 Å². The molecule has 0 aromatic heterocycles. The molecule has 1 aliphatic heterocycles. The summed E-state index contributed by atoms with van der Waals surface area (Å²) in [6.07, 6.45) is 0.347. The Hall–Kier alpha value is -3.05. The average Bonchev–Trinajstić information content (AvgIpc) is 2.88. The van der Waals surface area contributed by atoms with Crippen LogP contribution in [0.2, 0.25) is 0 Å². The average molecular weight is 417 g/mol. The maximum atomic E-state index is 13.2. The molecule has 0 spiro atoms. The third-order valence-electron chi connectivity index (χ3n) is 5.22. The first-order chi connectivity index (χ1) is 14.5. The summed E-state index contributed by atoms with van der Waals surface area (Å²) in [5.41, 5.74) is 4.84. The van der Waals surface area contributed by atoms with Gasteiger partial charge < -0.3 is 10.2 Å². The highest BCUT2D eigenvalue weighted by molar-refractivity contribution is 7.99. The van der Waals surface area contributed by atoms with Crippen molar-refractivity contribution in [2.24, 2.45) is 0 Å². The minimum Gasteiger partial charge on any atom is -0.324 e. The predicted octanol–water partition coefficient (Wildman–Crippen LogP) is 5.51. The number of hydrogen-bond donors (Lipinski definition) is 1. The van der Waals surface area contributed by atoms with Gasteiger partial charge in [0.1, 0.15) is 6.54 Å². The van der Waals surface area contributed by atoms with Crippen LogP contribution in [0.4, 0.5) is 11.4 Å². The van der Waals surface area contributed by atoms with Crippen molar-refractivity contribution in [3.05, 3.63) is 89.5 Å². The van der Waals surface area contributed by atoms with Gasteiger partial charge in [0.05, 0.1) is 5.69 Å². The number of anilines is 2. The molecule has 0 unspecified atom stereocenters. The topological polar surface area (TPSA) is 49.4 Å². The van der Waals surface area contributed by atoms with Crippen molar-refractivity contribution in [2.75, 3.05) is 16.8 Å². The van der Waals surface area contributed by atoms with Crippen molar-refractivity contribution in [3.63, 3.8) is 0 Å². The van der Waals surface area contributed by atoms with E-state index in [-0.39, 0.29) is 23.6 Å². The molecule has 152 valence electrons. The van der Waals surface area contributed by atoms with Crippen LogP contribution in [0.1, 0.15) is 28.4 Å². The molecule has 0 saturated heterocycles. The van der Waals surface area contributed by atoms with Gasteiger partial charge in [0.25, 0.3) is 0 Å². The van der Waals surface area contributed by atoms with Gasteiger partial charge >= 0.3 is 0 Å². The fourth-order valence-electron chi connectivity index (χ4n) is 3.69. The number of nitrogens with zero attached hydrogens (tertiary/aromatic N) is 1. The summed E-state index contributed by atoms with van der Waals surface area (Å²) in [7, 11) is 0. The molecule has 1 heterocycles. The minimum atomic E-state index is -0.201. The lowest BCUT2D eigenvalue weighted by atomic mass is 10.1. The normalized spacial score (nSPS) is 16.0. The Bertz CT molecular complexity index is 1080. The van der Waals surface area contributed by atoms with Crippen molar-refractivity contribution >= 4 is 35.0 Å². The second-order valence-corrected chi connectivity index (χ2v) is 8.78. The van der Waals surface area contributed by atoms with E-state index in [1.165, 1.54) is 0 Å². The number of benzene rings is 3. The van der Waals surface area contributed by atoms with E-state index in [4.69, 9.17) is 0 Å². The van der Waals surface area contributed by atoms with Gasteiger partial charge in [-0.1, -0.05) is 60.2 Å². The van der Waals surface area contributed by atoms with Crippen molar-refractivity contribution in [1.82, 2.24) is 0 Å². The highest BCUT2D eigenvalue weighted by Crippen LogP contribution is 2.45. The SMILES string of the molecule is Cc1ccc(NC(=O)CN2C(=O)C[C@H](c3ccccc3)Sc3ccccc32)c(C)c1. The lowest BCUT2D eigenvalue weighted by molar-refractivity contribution is -0.121. The third-order valence-corrected chi connectivity index (χ3v) is 6.54. The Morgan fingerprint density at radius 3 is 2.53 bits per heavy atom. The number of hydrogen-bond acceptors (Lipinski definition) is 3. The molecule has 5 heteroatoms. The summed E-state index contributed by atoms with van der Waals surface area (Å²) in [5, 5.41) is 2.98. The zero-order valence-electron chi connectivity index (χ0n) is 17.1. The number of aryl methyl sites for hydroxylation is 2. The molecule has 0 radical (unpaired) electrons. The zero-order valence-corrected chi connectivity index (χ0v) is 17.9. The third kappa shape index (κ3) is 4.41. The van der Waals surface area contributed by atoms with Gasteiger partial charge in [-0.05, 0) is 43.2 Å². The van der Waals surface area contributed by atoms with E-state index in [0.717, 1.165) is 33.0 Å². The van der Waals surface area contributed by atoms with Crippen molar-refractivity contribution < 1.29 is 9.59 Å². The predicted molar refractivity (Wildman–Crippen MR) is 123 cm³/mol. The number of para-hydroxylation sites is 1. The van der Waals surface area contributed by atoms with E-state index in [0.29, 0.717) is 6.42 Å². The first-order valence-corrected chi connectivity index (χ1v) is 10.9. The largest absolute Gasteiger partial charge is 0.324 e. The Labute approximate surface area is 181 Å². The van der Waals surface area contributed by atoms with E-state index in [9.17, 15) is 9.59 Å². The lowest BCUT2D eigenvalue weighted by Gasteiger charge is -2.22. The fourth-order valence-corrected chi connectivity index (χ4v) is 4.97. The molecular formula is C25H24N2O2S. The van der Waals surface area contributed by atoms with E-state index >= 15 is 0 Å². The molecule has 0 saturated carbocycles. The number of carbonyl (C=O) groups is 2. The van der Waals surface area contributed by atoms with Gasteiger partial charge in [-0.15, -0.1) is 11.8 Å². The minimum absolute atomic E-state index is 0.00870. The van der Waals surface area contributed by atoms with E-state index in [2.05, 4.69) is 17.4 Å². The maximum Gasteiger partial charge on any atom is 0.244 e. The van der Waals surface area contributed by atoms with Crippen molar-refractivity contribution in [2.45, 2.75) is 30.4 Å². The summed E-state index contributed by atoms with van der Waals surface area (Å²) >= 11 is 1.68. The second kappa shape index (κ2) is 8.76. The molecule has 1 N–H and O–H groups in total. The lowest BCUT2D eigenvalue weighted by Crippen LogP contribution is -2.38. The van der Waals surface area contributed by atoms with Gasteiger partial charge in [-0.2, -0.15) is 0 Å². The first-order valence-electron chi connectivity index (χ1n) is 9.99. The molecule has 1 atom stereocenters. The van der Waals surface area contributed by atoms with E-state index in [1.807, 2.05) is 74.5 Å². The molecule has 3 aromatic rings. The number of rotatable bonds is 4. The van der Waals surface area contributed by atoms with Gasteiger partial charge in [0.15, 0.2) is 0 Å². The zero-order chi connectivity index (χ0) is 21.1. The highest BCUT2D eigenvalue weighted by Gasteiger charge is 2.30. The first kappa shape index (κ1) is 20.2. The summed E-state index contributed by atoms with van der Waals surface area (Å²) in [6.45, 7) is 3.98. The highest BCUT2D eigenvalue weighted by atomic mass is 32.2. The van der Waals surface area contributed by atoms with Crippen LogP contribution in [0, 0.1) is 13.8 Å². The Morgan fingerprint density at radius 2 is 1.77 bits per heavy atom. The Kier molecular flexibility index (Phi) is 5.91. The van der Waals surface area contributed by atoms with Crippen LogP contribution in [0.3, 0.4) is 0 Å². The smallest absolute Gasteiger partial charge is 0.244 e. The standard InChI is InChI=1S/C25H24N2O2S/c1-17-12-13-20(18(2)14-17)26-24(28)16-27-21-10-6-7-11-22(21)30-23(15-25(27)29)19-8-4-3-5-9-19/h3-14,23H,15-16H2,1-2H3,(H,26,28)/t23-/m1/s1. The van der Waals surface area contributed by atoms with Crippen LogP contribution in [-0.2, 0) is 9.59 Å². The summed E-state index contributed by atoms with van der Waals surface area (Å²) in [5.74, 6) is -0.245. The van der Waals surface area contributed by atoms with Crippen molar-refractivity contribution in [1.29, 1.82) is 0 Å². The monoisotopic (exact) mass is 416 g/mol. The number of amides is 2.